The Hall–Kier alpha value is -1.00. The van der Waals surface area contributed by atoms with Crippen molar-refractivity contribution in [2.75, 3.05) is 6.26 Å². The molecule has 0 bridgehead atoms. The Morgan fingerprint density at radius 3 is 2.93 bits per heavy atom. The van der Waals surface area contributed by atoms with E-state index in [4.69, 9.17) is 4.42 Å². The van der Waals surface area contributed by atoms with Crippen molar-refractivity contribution in [2.24, 2.45) is 0 Å². The summed E-state index contributed by atoms with van der Waals surface area (Å²) in [7, 11) is 0. The van der Waals surface area contributed by atoms with E-state index in [9.17, 15) is 4.79 Å². The van der Waals surface area contributed by atoms with Gasteiger partial charge in [-0.2, -0.15) is 0 Å². The van der Waals surface area contributed by atoms with Crippen molar-refractivity contribution >= 4 is 23.1 Å². The molecule has 14 heavy (non-hydrogen) atoms. The molecule has 0 atom stereocenters. The molecule has 0 unspecified atom stereocenters. The molecule has 4 heteroatoms. The molecule has 2 nitrogen and oxygen atoms in total. The minimum Gasteiger partial charge on any atom is -0.416 e. The summed E-state index contributed by atoms with van der Waals surface area (Å²) in [5.74, 6) is 0. The average Bonchev–Trinajstić information content (AvgIpc) is 2.69. The predicted molar refractivity (Wildman–Crippen MR) is 60.1 cm³/mol. The Labute approximate surface area is 89.6 Å². The summed E-state index contributed by atoms with van der Waals surface area (Å²) in [6.07, 6.45) is 1.89. The lowest BCUT2D eigenvalue weighted by Crippen LogP contribution is -1.96. The molecule has 0 spiro atoms. The monoisotopic (exact) mass is 224 g/mol. The Morgan fingerprint density at radius 1 is 1.43 bits per heavy atom. The van der Waals surface area contributed by atoms with Gasteiger partial charge in [-0.25, -0.2) is 4.79 Å². The van der Waals surface area contributed by atoms with Gasteiger partial charge in [-0.05, 0) is 23.8 Å². The van der Waals surface area contributed by atoms with Gasteiger partial charge in [0.25, 0.3) is 0 Å². The third-order valence-electron chi connectivity index (χ3n) is 1.75. The van der Waals surface area contributed by atoms with Crippen LogP contribution in [0, 0.1) is 0 Å². The molecule has 2 rings (SSSR count). The molecule has 72 valence electrons. The van der Waals surface area contributed by atoms with Gasteiger partial charge in [0.15, 0.2) is 5.09 Å². The number of hydrogen-bond acceptors (Lipinski definition) is 4. The van der Waals surface area contributed by atoms with Crippen LogP contribution in [0.4, 0.5) is 0 Å². The van der Waals surface area contributed by atoms with Crippen molar-refractivity contribution in [2.45, 2.75) is 5.09 Å². The van der Waals surface area contributed by atoms with Crippen molar-refractivity contribution in [3.05, 3.63) is 40.1 Å². The molecule has 0 aliphatic carbocycles. The Balaban J connectivity index is 2.54. The maximum Gasteiger partial charge on any atom is 0.337 e. The first-order chi connectivity index (χ1) is 6.79. The second-order valence-electron chi connectivity index (χ2n) is 2.67. The highest BCUT2D eigenvalue weighted by atomic mass is 32.2. The zero-order valence-electron chi connectivity index (χ0n) is 7.52. The predicted octanol–water partition coefficient (Wildman–Crippen LogP) is 3.09. The Morgan fingerprint density at radius 2 is 2.29 bits per heavy atom. The fraction of sp³-hybridized carbons (Fsp3) is 0.100. The lowest BCUT2D eigenvalue weighted by molar-refractivity contribution is 0.423. The average molecular weight is 224 g/mol. The van der Waals surface area contributed by atoms with Gasteiger partial charge >= 0.3 is 5.63 Å². The van der Waals surface area contributed by atoms with E-state index in [1.165, 1.54) is 17.8 Å². The normalized spacial score (nSPS) is 10.4. The zero-order valence-corrected chi connectivity index (χ0v) is 9.15. The fourth-order valence-corrected chi connectivity index (χ4v) is 2.26. The first kappa shape index (κ1) is 9.55. The number of thiophene rings is 1. The minimum absolute atomic E-state index is 0.291. The summed E-state index contributed by atoms with van der Waals surface area (Å²) >= 11 is 3.05. The van der Waals surface area contributed by atoms with Crippen LogP contribution in [0.15, 0.2) is 43.9 Å². The Kier molecular flexibility index (Phi) is 2.74. The Bertz CT molecular complexity index is 471. The van der Waals surface area contributed by atoms with Gasteiger partial charge < -0.3 is 4.42 Å². The number of hydrogen-bond donors (Lipinski definition) is 0. The van der Waals surface area contributed by atoms with Gasteiger partial charge in [0.05, 0.1) is 0 Å². The highest BCUT2D eigenvalue weighted by Gasteiger charge is 2.03. The van der Waals surface area contributed by atoms with Gasteiger partial charge in [0.1, 0.15) is 0 Å². The summed E-state index contributed by atoms with van der Waals surface area (Å²) < 4.78 is 4.98. The van der Waals surface area contributed by atoms with E-state index in [1.807, 2.05) is 29.8 Å². The molecule has 0 fully saturated rings. The van der Waals surface area contributed by atoms with Crippen LogP contribution in [0.2, 0.25) is 0 Å². The van der Waals surface area contributed by atoms with Crippen LogP contribution in [-0.4, -0.2) is 6.26 Å². The third kappa shape index (κ3) is 1.91. The van der Waals surface area contributed by atoms with E-state index >= 15 is 0 Å². The molecular weight excluding hydrogens is 216 g/mol. The lowest BCUT2D eigenvalue weighted by Gasteiger charge is -1.98. The largest absolute Gasteiger partial charge is 0.416 e. The van der Waals surface area contributed by atoms with Crippen molar-refractivity contribution in [1.29, 1.82) is 0 Å². The molecule has 0 amide bonds. The van der Waals surface area contributed by atoms with E-state index < -0.39 is 0 Å². The van der Waals surface area contributed by atoms with Crippen molar-refractivity contribution < 1.29 is 4.42 Å². The van der Waals surface area contributed by atoms with Crippen LogP contribution < -0.4 is 5.63 Å². The third-order valence-corrected chi connectivity index (χ3v) is 3.28. The number of rotatable bonds is 2. The van der Waals surface area contributed by atoms with Gasteiger partial charge in [-0.15, -0.1) is 11.3 Å². The van der Waals surface area contributed by atoms with Crippen LogP contribution in [-0.2, 0) is 0 Å². The second-order valence-corrected chi connectivity index (χ2v) is 4.42. The first-order valence-electron chi connectivity index (χ1n) is 4.02. The molecule has 2 heterocycles. The lowest BCUT2D eigenvalue weighted by atomic mass is 10.2. The second kappa shape index (κ2) is 4.02. The van der Waals surface area contributed by atoms with E-state index in [-0.39, 0.29) is 5.63 Å². The number of thioether (sulfide) groups is 1. The summed E-state index contributed by atoms with van der Waals surface area (Å²) in [4.78, 5) is 12.3. The van der Waals surface area contributed by atoms with E-state index in [2.05, 4.69) is 0 Å². The summed E-state index contributed by atoms with van der Waals surface area (Å²) in [5, 5.41) is 2.64. The molecule has 0 saturated heterocycles. The van der Waals surface area contributed by atoms with Gasteiger partial charge in [0.2, 0.25) is 0 Å². The molecule has 2 aromatic heterocycles. The maximum absolute atomic E-state index is 11.2. The minimum atomic E-state index is -0.291. The van der Waals surface area contributed by atoms with Crippen LogP contribution >= 0.6 is 23.1 Å². The molecule has 0 aliphatic rings. The van der Waals surface area contributed by atoms with Gasteiger partial charge in [0, 0.05) is 16.5 Å². The highest BCUT2D eigenvalue weighted by Crippen LogP contribution is 2.26. The van der Waals surface area contributed by atoms with E-state index in [1.54, 1.807) is 11.3 Å². The first-order valence-corrected chi connectivity index (χ1v) is 6.13. The smallest absolute Gasteiger partial charge is 0.337 e. The fourth-order valence-electron chi connectivity index (χ4n) is 1.14. The molecule has 0 radical (unpaired) electrons. The van der Waals surface area contributed by atoms with E-state index in [0.29, 0.717) is 5.09 Å². The van der Waals surface area contributed by atoms with Gasteiger partial charge in [-0.3, -0.25) is 0 Å². The molecule has 0 N–H and O–H groups in total. The van der Waals surface area contributed by atoms with Crippen molar-refractivity contribution in [1.82, 2.24) is 0 Å². The molecule has 0 aromatic carbocycles. The summed E-state index contributed by atoms with van der Waals surface area (Å²) in [6.45, 7) is 0. The van der Waals surface area contributed by atoms with Crippen LogP contribution in [0.1, 0.15) is 0 Å². The topological polar surface area (TPSA) is 30.2 Å². The molecule has 0 saturated carbocycles. The van der Waals surface area contributed by atoms with Gasteiger partial charge in [-0.1, -0.05) is 17.8 Å². The summed E-state index contributed by atoms with van der Waals surface area (Å²) in [5.41, 5.74) is 0.640. The standard InChI is InChI=1S/C10H8O2S2/c1-13-10-6-7(5-9(11)12-10)8-3-2-4-14-8/h2-6H,1H3. The zero-order chi connectivity index (χ0) is 9.97. The van der Waals surface area contributed by atoms with Crippen LogP contribution in [0.25, 0.3) is 10.4 Å². The summed E-state index contributed by atoms with van der Waals surface area (Å²) in [6, 6.07) is 7.36. The molecule has 0 aliphatic heterocycles. The quantitative estimate of drug-likeness (QED) is 0.734. The molecular formula is C10H8O2S2. The maximum atomic E-state index is 11.2. The SMILES string of the molecule is CSc1cc(-c2cccs2)cc(=O)o1. The van der Waals surface area contributed by atoms with Crippen molar-refractivity contribution in [3.8, 4) is 10.4 Å². The van der Waals surface area contributed by atoms with Crippen LogP contribution in [0.3, 0.4) is 0 Å². The van der Waals surface area contributed by atoms with Crippen molar-refractivity contribution in [3.63, 3.8) is 0 Å². The van der Waals surface area contributed by atoms with Crippen LogP contribution in [0.5, 0.6) is 0 Å². The molecule has 2 aromatic rings. The van der Waals surface area contributed by atoms with E-state index in [0.717, 1.165) is 10.4 Å². The highest BCUT2D eigenvalue weighted by molar-refractivity contribution is 7.98.